The predicted octanol–water partition coefficient (Wildman–Crippen LogP) is 0.460. The molecule has 0 aromatic heterocycles. The summed E-state index contributed by atoms with van der Waals surface area (Å²) in [6.07, 6.45) is 3.76. The van der Waals surface area contributed by atoms with Gasteiger partial charge in [-0.15, -0.1) is 0 Å². The van der Waals surface area contributed by atoms with E-state index in [9.17, 15) is 19.2 Å². The average molecular weight is 327 g/mol. The van der Waals surface area contributed by atoms with Crippen LogP contribution in [-0.4, -0.2) is 43.0 Å². The lowest BCUT2D eigenvalue weighted by molar-refractivity contribution is -0.154. The molecule has 1 fully saturated rings. The van der Waals surface area contributed by atoms with E-state index >= 15 is 0 Å². The monoisotopic (exact) mass is 327 g/mol. The molecule has 0 heterocycles. The molecule has 8 nitrogen and oxygen atoms in total. The summed E-state index contributed by atoms with van der Waals surface area (Å²) in [4.78, 5) is 46.3. The summed E-state index contributed by atoms with van der Waals surface area (Å²) in [5, 5.41) is 6.97. The molecule has 8 heteroatoms. The highest BCUT2D eigenvalue weighted by Gasteiger charge is 2.23. The minimum Gasteiger partial charge on any atom is -0.451 e. The van der Waals surface area contributed by atoms with E-state index in [1.165, 1.54) is 6.92 Å². The zero-order valence-corrected chi connectivity index (χ0v) is 13.6. The van der Waals surface area contributed by atoms with Crippen LogP contribution in [0.2, 0.25) is 0 Å². The van der Waals surface area contributed by atoms with Gasteiger partial charge in [-0.25, -0.2) is 4.79 Å². The molecule has 0 radical (unpaired) electrons. The Hall–Kier alpha value is -2.12. The quantitative estimate of drug-likeness (QED) is 0.613. The third-order valence-electron chi connectivity index (χ3n) is 3.63. The van der Waals surface area contributed by atoms with E-state index in [0.717, 1.165) is 32.1 Å². The summed E-state index contributed by atoms with van der Waals surface area (Å²) in [6.45, 7) is 3.16. The van der Waals surface area contributed by atoms with Crippen molar-refractivity contribution in [2.75, 3.05) is 13.1 Å². The lowest BCUT2D eigenvalue weighted by atomic mass is 9.89. The van der Waals surface area contributed by atoms with Crippen LogP contribution in [0.4, 0.5) is 4.79 Å². The van der Waals surface area contributed by atoms with Gasteiger partial charge in [-0.2, -0.15) is 0 Å². The lowest BCUT2D eigenvalue weighted by Crippen LogP contribution is -2.45. The number of amides is 4. The number of rotatable bonds is 6. The Bertz CT molecular complexity index is 446. The molecule has 0 unspecified atom stereocenters. The Balaban J connectivity index is 2.27. The van der Waals surface area contributed by atoms with E-state index in [0.29, 0.717) is 6.54 Å². The van der Waals surface area contributed by atoms with E-state index in [-0.39, 0.29) is 18.4 Å². The van der Waals surface area contributed by atoms with Gasteiger partial charge in [0.15, 0.2) is 6.10 Å². The number of esters is 1. The fourth-order valence-electron chi connectivity index (χ4n) is 2.38. The van der Waals surface area contributed by atoms with Crippen LogP contribution in [0.3, 0.4) is 0 Å². The van der Waals surface area contributed by atoms with Crippen molar-refractivity contribution in [2.24, 2.45) is 5.92 Å². The van der Waals surface area contributed by atoms with Gasteiger partial charge in [-0.3, -0.25) is 19.7 Å². The van der Waals surface area contributed by atoms with Crippen molar-refractivity contribution in [1.29, 1.82) is 0 Å². The van der Waals surface area contributed by atoms with Crippen LogP contribution < -0.4 is 16.0 Å². The molecule has 1 rings (SSSR count). The molecule has 0 aromatic rings. The molecular formula is C15H25N3O5. The molecule has 1 aliphatic rings. The zero-order chi connectivity index (χ0) is 17.2. The second-order valence-corrected chi connectivity index (χ2v) is 5.53. The summed E-state index contributed by atoms with van der Waals surface area (Å²) in [5.41, 5.74) is 0. The Labute approximate surface area is 135 Å². The van der Waals surface area contributed by atoms with Crippen molar-refractivity contribution in [1.82, 2.24) is 16.0 Å². The van der Waals surface area contributed by atoms with Crippen LogP contribution in [0.15, 0.2) is 0 Å². The lowest BCUT2D eigenvalue weighted by Gasteiger charge is -2.20. The molecule has 1 aliphatic carbocycles. The molecular weight excluding hydrogens is 302 g/mol. The van der Waals surface area contributed by atoms with Crippen molar-refractivity contribution in [3.8, 4) is 0 Å². The van der Waals surface area contributed by atoms with Gasteiger partial charge in [-0.05, 0) is 26.7 Å². The SMILES string of the molecule is CCNC(=O)NC(=O)[C@H](C)OC(=O)CNC(=O)C1CCCCC1. The maximum absolute atomic E-state index is 11.9. The van der Waals surface area contributed by atoms with Crippen molar-refractivity contribution in [3.63, 3.8) is 0 Å². The zero-order valence-electron chi connectivity index (χ0n) is 13.6. The molecule has 3 N–H and O–H groups in total. The molecule has 0 aromatic carbocycles. The third kappa shape index (κ3) is 7.12. The van der Waals surface area contributed by atoms with Gasteiger partial charge in [0.25, 0.3) is 5.91 Å². The predicted molar refractivity (Wildman–Crippen MR) is 82.4 cm³/mol. The summed E-state index contributed by atoms with van der Waals surface area (Å²) in [5.74, 6) is -1.63. The largest absolute Gasteiger partial charge is 0.451 e. The van der Waals surface area contributed by atoms with Gasteiger partial charge in [0.2, 0.25) is 5.91 Å². The van der Waals surface area contributed by atoms with Crippen LogP contribution in [0, 0.1) is 5.92 Å². The van der Waals surface area contributed by atoms with Crippen molar-refractivity contribution >= 4 is 23.8 Å². The van der Waals surface area contributed by atoms with Crippen LogP contribution in [0.1, 0.15) is 46.0 Å². The number of ether oxygens (including phenoxy) is 1. The number of imide groups is 1. The summed E-state index contributed by atoms with van der Waals surface area (Å²) < 4.78 is 4.88. The Morgan fingerprint density at radius 1 is 1.09 bits per heavy atom. The highest BCUT2D eigenvalue weighted by Crippen LogP contribution is 2.23. The maximum Gasteiger partial charge on any atom is 0.326 e. The van der Waals surface area contributed by atoms with Crippen molar-refractivity contribution in [2.45, 2.75) is 52.1 Å². The third-order valence-corrected chi connectivity index (χ3v) is 3.63. The summed E-state index contributed by atoms with van der Waals surface area (Å²) in [7, 11) is 0. The molecule has 0 aliphatic heterocycles. The van der Waals surface area contributed by atoms with Gasteiger partial charge in [0.1, 0.15) is 6.54 Å². The molecule has 130 valence electrons. The first-order valence-corrected chi connectivity index (χ1v) is 8.00. The second-order valence-electron chi connectivity index (χ2n) is 5.53. The van der Waals surface area contributed by atoms with Crippen molar-refractivity contribution < 1.29 is 23.9 Å². The molecule has 1 saturated carbocycles. The fourth-order valence-corrected chi connectivity index (χ4v) is 2.38. The first kappa shape index (κ1) is 18.9. The van der Waals surface area contributed by atoms with Gasteiger partial charge < -0.3 is 15.4 Å². The fraction of sp³-hybridized carbons (Fsp3) is 0.733. The molecule has 0 spiro atoms. The first-order valence-electron chi connectivity index (χ1n) is 8.00. The minimum absolute atomic E-state index is 0.0463. The number of hydrogen-bond acceptors (Lipinski definition) is 5. The number of urea groups is 1. The Morgan fingerprint density at radius 3 is 2.35 bits per heavy atom. The molecule has 0 bridgehead atoms. The average Bonchev–Trinajstić information content (AvgIpc) is 2.53. The summed E-state index contributed by atoms with van der Waals surface area (Å²) >= 11 is 0. The number of hydrogen-bond donors (Lipinski definition) is 3. The van der Waals surface area contributed by atoms with E-state index in [2.05, 4.69) is 10.6 Å². The normalized spacial score (nSPS) is 16.1. The molecule has 1 atom stereocenters. The number of carbonyl (C=O) groups excluding carboxylic acids is 4. The smallest absolute Gasteiger partial charge is 0.326 e. The second kappa shape index (κ2) is 9.81. The van der Waals surface area contributed by atoms with Crippen LogP contribution in [-0.2, 0) is 19.1 Å². The molecule has 4 amide bonds. The van der Waals surface area contributed by atoms with Gasteiger partial charge in [-0.1, -0.05) is 19.3 Å². The van der Waals surface area contributed by atoms with Gasteiger partial charge in [0, 0.05) is 12.5 Å². The van der Waals surface area contributed by atoms with Gasteiger partial charge >= 0.3 is 12.0 Å². The number of nitrogens with one attached hydrogen (secondary N) is 3. The summed E-state index contributed by atoms with van der Waals surface area (Å²) in [6, 6.07) is -0.647. The van der Waals surface area contributed by atoms with Crippen LogP contribution >= 0.6 is 0 Å². The first-order chi connectivity index (χ1) is 10.9. The maximum atomic E-state index is 11.9. The van der Waals surface area contributed by atoms with Crippen LogP contribution in [0.5, 0.6) is 0 Å². The highest BCUT2D eigenvalue weighted by molar-refractivity contribution is 5.97. The van der Waals surface area contributed by atoms with E-state index in [4.69, 9.17) is 4.74 Å². The van der Waals surface area contributed by atoms with E-state index < -0.39 is 24.0 Å². The Morgan fingerprint density at radius 2 is 1.74 bits per heavy atom. The highest BCUT2D eigenvalue weighted by atomic mass is 16.5. The van der Waals surface area contributed by atoms with Crippen molar-refractivity contribution in [3.05, 3.63) is 0 Å². The minimum atomic E-state index is -1.11. The van der Waals surface area contributed by atoms with Gasteiger partial charge in [0.05, 0.1) is 0 Å². The number of carbonyl (C=O) groups is 4. The molecule has 0 saturated heterocycles. The Kier molecular flexibility index (Phi) is 8.07. The standard InChI is InChI=1S/C15H25N3O5/c1-3-16-15(22)18-13(20)10(2)23-12(19)9-17-14(21)11-7-5-4-6-8-11/h10-11H,3-9H2,1-2H3,(H,17,21)(H2,16,18,20,22)/t10-/m0/s1. The van der Waals surface area contributed by atoms with E-state index in [1.54, 1.807) is 6.92 Å². The van der Waals surface area contributed by atoms with E-state index in [1.807, 2.05) is 5.32 Å². The molecule has 23 heavy (non-hydrogen) atoms. The van der Waals surface area contributed by atoms with Crippen LogP contribution in [0.25, 0.3) is 0 Å². The topological polar surface area (TPSA) is 114 Å².